The van der Waals surface area contributed by atoms with E-state index in [1.54, 1.807) is 0 Å². The first-order valence-corrected chi connectivity index (χ1v) is 11.2. The average molecular weight is 474 g/mol. The number of aliphatic hydroxyl groups excluding tert-OH is 1. The van der Waals surface area contributed by atoms with Crippen molar-refractivity contribution in [2.24, 2.45) is 5.92 Å². The van der Waals surface area contributed by atoms with Crippen molar-refractivity contribution in [2.45, 2.75) is 63.4 Å². The van der Waals surface area contributed by atoms with E-state index >= 15 is 0 Å². The molecule has 2 aromatic rings. The van der Waals surface area contributed by atoms with Crippen LogP contribution in [0, 0.1) is 5.92 Å². The normalized spacial score (nSPS) is 16.3. The number of benzene rings is 1. The summed E-state index contributed by atoms with van der Waals surface area (Å²) < 4.78 is 79.1. The van der Waals surface area contributed by atoms with Crippen LogP contribution < -0.4 is 5.32 Å². The lowest BCUT2D eigenvalue weighted by molar-refractivity contribution is -0.142. The Hall–Kier alpha value is -2.13. The molecule has 1 aromatic carbocycles. The Bertz CT molecular complexity index is 889. The Morgan fingerprint density at radius 3 is 2.18 bits per heavy atom. The number of rotatable bonds is 9. The van der Waals surface area contributed by atoms with Gasteiger partial charge in [-0.3, -0.25) is 0 Å². The van der Waals surface area contributed by atoms with Gasteiger partial charge in [-0.15, -0.1) is 0 Å². The van der Waals surface area contributed by atoms with Gasteiger partial charge in [0.2, 0.25) is 0 Å². The Balaban J connectivity index is 1.62. The lowest BCUT2D eigenvalue weighted by atomic mass is 9.99. The fourth-order valence-electron chi connectivity index (χ4n) is 4.22. The first-order chi connectivity index (χ1) is 15.6. The summed E-state index contributed by atoms with van der Waals surface area (Å²) in [5.74, 6) is 0.708. The SMILES string of the molecule is O[C@H](CCCCNCC1CCCC1)c1ccc(-c2ccc(C(F)(F)F)cc2)nc1C(F)(F)F. The largest absolute Gasteiger partial charge is 0.433 e. The van der Waals surface area contributed by atoms with Gasteiger partial charge in [0.25, 0.3) is 0 Å². The van der Waals surface area contributed by atoms with Crippen molar-refractivity contribution in [3.05, 3.63) is 53.2 Å². The Kier molecular flexibility index (Phi) is 8.39. The van der Waals surface area contributed by atoms with Gasteiger partial charge in [-0.05, 0) is 69.3 Å². The molecule has 2 N–H and O–H groups in total. The van der Waals surface area contributed by atoms with Gasteiger partial charge in [0.05, 0.1) is 17.4 Å². The predicted octanol–water partition coefficient (Wildman–Crippen LogP) is 6.77. The maximum Gasteiger partial charge on any atom is 0.433 e. The molecule has 1 fully saturated rings. The molecule has 0 aliphatic heterocycles. The van der Waals surface area contributed by atoms with Crippen LogP contribution in [-0.4, -0.2) is 23.2 Å². The minimum atomic E-state index is -4.80. The molecule has 1 heterocycles. The summed E-state index contributed by atoms with van der Waals surface area (Å²) in [5.41, 5.74) is -2.41. The molecule has 1 saturated carbocycles. The molecule has 0 radical (unpaired) electrons. The van der Waals surface area contributed by atoms with E-state index < -0.39 is 29.7 Å². The van der Waals surface area contributed by atoms with Crippen LogP contribution in [0.15, 0.2) is 36.4 Å². The van der Waals surface area contributed by atoms with E-state index in [2.05, 4.69) is 10.3 Å². The van der Waals surface area contributed by atoms with E-state index in [1.807, 2.05) is 0 Å². The van der Waals surface area contributed by atoms with Crippen LogP contribution in [-0.2, 0) is 12.4 Å². The first-order valence-electron chi connectivity index (χ1n) is 11.2. The molecule has 33 heavy (non-hydrogen) atoms. The van der Waals surface area contributed by atoms with E-state index in [1.165, 1.54) is 31.7 Å². The minimum absolute atomic E-state index is 0.108. The van der Waals surface area contributed by atoms with E-state index in [0.29, 0.717) is 12.3 Å². The Morgan fingerprint density at radius 2 is 1.58 bits per heavy atom. The molecule has 0 unspecified atom stereocenters. The zero-order valence-electron chi connectivity index (χ0n) is 18.1. The summed E-state index contributed by atoms with van der Waals surface area (Å²) in [6.07, 6.45) is -4.20. The number of aromatic nitrogens is 1. The van der Waals surface area contributed by atoms with Crippen LogP contribution in [0.1, 0.15) is 67.9 Å². The number of hydrogen-bond acceptors (Lipinski definition) is 3. The van der Waals surface area contributed by atoms with Gasteiger partial charge in [0.1, 0.15) is 0 Å². The third-order valence-corrected chi connectivity index (χ3v) is 6.05. The molecule has 182 valence electrons. The summed E-state index contributed by atoms with van der Waals surface area (Å²) in [4.78, 5) is 3.65. The number of halogens is 6. The zero-order valence-corrected chi connectivity index (χ0v) is 18.1. The summed E-state index contributed by atoms with van der Waals surface area (Å²) in [5, 5.41) is 13.8. The molecule has 0 bridgehead atoms. The van der Waals surface area contributed by atoms with Crippen LogP contribution in [0.2, 0.25) is 0 Å². The number of pyridine rings is 1. The second-order valence-corrected chi connectivity index (χ2v) is 8.57. The first kappa shape index (κ1) is 25.5. The number of unbranched alkanes of at least 4 members (excludes halogenated alkanes) is 1. The van der Waals surface area contributed by atoms with Crippen LogP contribution in [0.4, 0.5) is 26.3 Å². The van der Waals surface area contributed by atoms with Crippen LogP contribution >= 0.6 is 0 Å². The minimum Gasteiger partial charge on any atom is -0.388 e. The van der Waals surface area contributed by atoms with Crippen molar-refractivity contribution in [1.82, 2.24) is 10.3 Å². The average Bonchev–Trinajstić information content (AvgIpc) is 3.28. The van der Waals surface area contributed by atoms with Gasteiger partial charge in [-0.25, -0.2) is 4.98 Å². The molecule has 1 aliphatic carbocycles. The van der Waals surface area contributed by atoms with Gasteiger partial charge < -0.3 is 10.4 Å². The fraction of sp³-hybridized carbons (Fsp3) is 0.542. The van der Waals surface area contributed by atoms with Gasteiger partial charge in [0, 0.05) is 11.1 Å². The van der Waals surface area contributed by atoms with E-state index in [-0.39, 0.29) is 23.2 Å². The third kappa shape index (κ3) is 7.17. The quantitative estimate of drug-likeness (QED) is 0.311. The monoisotopic (exact) mass is 474 g/mol. The summed E-state index contributed by atoms with van der Waals surface area (Å²) >= 11 is 0. The van der Waals surface area contributed by atoms with Gasteiger partial charge in [-0.2, -0.15) is 26.3 Å². The molecule has 9 heteroatoms. The van der Waals surface area contributed by atoms with E-state index in [4.69, 9.17) is 0 Å². The molecule has 3 rings (SSSR count). The predicted molar refractivity (Wildman–Crippen MR) is 113 cm³/mol. The van der Waals surface area contributed by atoms with E-state index in [0.717, 1.165) is 49.8 Å². The molecule has 3 nitrogen and oxygen atoms in total. The van der Waals surface area contributed by atoms with Crippen LogP contribution in [0.25, 0.3) is 11.3 Å². The van der Waals surface area contributed by atoms with Crippen molar-refractivity contribution in [3.63, 3.8) is 0 Å². The highest BCUT2D eigenvalue weighted by Crippen LogP contribution is 2.37. The molecular weight excluding hydrogens is 446 g/mol. The molecule has 1 aliphatic rings. The lowest BCUT2D eigenvalue weighted by Crippen LogP contribution is -2.22. The van der Waals surface area contributed by atoms with Crippen LogP contribution in [0.5, 0.6) is 0 Å². The second-order valence-electron chi connectivity index (χ2n) is 8.57. The number of nitrogens with zero attached hydrogens (tertiary/aromatic N) is 1. The van der Waals surface area contributed by atoms with Gasteiger partial charge in [0.15, 0.2) is 5.69 Å². The second kappa shape index (κ2) is 10.9. The highest BCUT2D eigenvalue weighted by atomic mass is 19.4. The lowest BCUT2D eigenvalue weighted by Gasteiger charge is -2.18. The van der Waals surface area contributed by atoms with Crippen molar-refractivity contribution < 1.29 is 31.4 Å². The Morgan fingerprint density at radius 1 is 0.909 bits per heavy atom. The highest BCUT2D eigenvalue weighted by molar-refractivity contribution is 5.60. The standard InChI is InChI=1S/C24H28F6N2O/c25-23(26,27)18-10-8-17(9-11-18)20-13-12-19(22(32-20)24(28,29)30)21(33)7-3-4-14-31-15-16-5-1-2-6-16/h8-13,16,21,31,33H,1-7,14-15H2/t21-/m1/s1. The van der Waals surface area contributed by atoms with Gasteiger partial charge in [-0.1, -0.05) is 31.0 Å². The van der Waals surface area contributed by atoms with Gasteiger partial charge >= 0.3 is 12.4 Å². The number of hydrogen-bond donors (Lipinski definition) is 2. The number of aliphatic hydroxyl groups is 1. The number of nitrogens with one attached hydrogen (secondary N) is 1. The van der Waals surface area contributed by atoms with E-state index in [9.17, 15) is 31.4 Å². The van der Waals surface area contributed by atoms with Crippen molar-refractivity contribution in [3.8, 4) is 11.3 Å². The summed E-state index contributed by atoms with van der Waals surface area (Å²) in [6, 6.07) is 6.22. The fourth-order valence-corrected chi connectivity index (χ4v) is 4.22. The summed E-state index contributed by atoms with van der Waals surface area (Å²) in [7, 11) is 0. The highest BCUT2D eigenvalue weighted by Gasteiger charge is 2.37. The maximum absolute atomic E-state index is 13.6. The van der Waals surface area contributed by atoms with Crippen molar-refractivity contribution >= 4 is 0 Å². The molecule has 0 amide bonds. The maximum atomic E-state index is 13.6. The molecule has 1 aromatic heterocycles. The molecule has 0 spiro atoms. The zero-order chi connectivity index (χ0) is 24.1. The van der Waals surface area contributed by atoms with Crippen molar-refractivity contribution in [1.29, 1.82) is 0 Å². The van der Waals surface area contributed by atoms with Crippen molar-refractivity contribution in [2.75, 3.05) is 13.1 Å². The number of alkyl halides is 6. The molecular formula is C24H28F6N2O. The van der Waals surface area contributed by atoms with Crippen LogP contribution in [0.3, 0.4) is 0 Å². The smallest absolute Gasteiger partial charge is 0.388 e. The summed E-state index contributed by atoms with van der Waals surface area (Å²) in [6.45, 7) is 1.70. The molecule has 1 atom stereocenters. The topological polar surface area (TPSA) is 45.1 Å². The molecule has 0 saturated heterocycles. The third-order valence-electron chi connectivity index (χ3n) is 6.05. The Labute approximate surface area is 189 Å².